The van der Waals surface area contributed by atoms with Gasteiger partial charge in [0, 0.05) is 19.1 Å². The van der Waals surface area contributed by atoms with Gasteiger partial charge in [0.15, 0.2) is 0 Å². The van der Waals surface area contributed by atoms with E-state index in [1.165, 1.54) is 12.8 Å². The maximum Gasteiger partial charge on any atom is 0.0792 e. The summed E-state index contributed by atoms with van der Waals surface area (Å²) in [5.74, 6) is 0. The van der Waals surface area contributed by atoms with E-state index in [0.29, 0.717) is 6.04 Å². The minimum absolute atomic E-state index is 0.521. The monoisotopic (exact) mass is 253 g/mol. The lowest BCUT2D eigenvalue weighted by Crippen LogP contribution is -2.38. The summed E-state index contributed by atoms with van der Waals surface area (Å²) in [6.45, 7) is 2.09. The number of rotatable bonds is 3. The highest BCUT2D eigenvalue weighted by molar-refractivity contribution is 6.34. The number of hydrogen-bond acceptors (Lipinski definition) is 3. The summed E-state index contributed by atoms with van der Waals surface area (Å²) < 4.78 is 0. The van der Waals surface area contributed by atoms with Crippen LogP contribution < -0.4 is 10.6 Å². The minimum atomic E-state index is 0.521. The van der Waals surface area contributed by atoms with Gasteiger partial charge < -0.3 is 15.5 Å². The van der Waals surface area contributed by atoms with Crippen LogP contribution in [0.5, 0.6) is 0 Å². The van der Waals surface area contributed by atoms with Crippen LogP contribution in [0.3, 0.4) is 0 Å². The highest BCUT2D eigenvalue weighted by Gasteiger charge is 2.27. The lowest BCUT2D eigenvalue weighted by atomic mass is 10.2. The van der Waals surface area contributed by atoms with Crippen LogP contribution in [0.15, 0.2) is 18.2 Å². The molecule has 94 valence electrons. The Morgan fingerprint density at radius 1 is 1.47 bits per heavy atom. The Kier molecular flexibility index (Phi) is 3.79. The van der Waals surface area contributed by atoms with E-state index in [0.717, 1.165) is 29.5 Å². The predicted octanol–water partition coefficient (Wildman–Crippen LogP) is 2.45. The smallest absolute Gasteiger partial charge is 0.0792 e. The summed E-state index contributed by atoms with van der Waals surface area (Å²) >= 11 is 6.28. The molecule has 0 amide bonds. The van der Waals surface area contributed by atoms with E-state index in [1.54, 1.807) is 0 Å². The molecule has 1 unspecified atom stereocenters. The maximum atomic E-state index is 6.28. The Labute approximate surface area is 108 Å². The molecular formula is C13H20ClN3. The lowest BCUT2D eigenvalue weighted by molar-refractivity contribution is 0.372. The van der Waals surface area contributed by atoms with Crippen LogP contribution in [0, 0.1) is 0 Å². The average molecular weight is 254 g/mol. The van der Waals surface area contributed by atoms with Crippen molar-refractivity contribution in [3.05, 3.63) is 23.2 Å². The second-order valence-electron chi connectivity index (χ2n) is 4.93. The van der Waals surface area contributed by atoms with Gasteiger partial charge in [-0.2, -0.15) is 0 Å². The zero-order valence-corrected chi connectivity index (χ0v) is 11.2. The van der Waals surface area contributed by atoms with E-state index in [9.17, 15) is 0 Å². The molecule has 0 bridgehead atoms. The molecule has 1 aliphatic heterocycles. The molecule has 1 aliphatic rings. The number of hydrogen-bond donors (Lipinski definition) is 1. The van der Waals surface area contributed by atoms with Crippen molar-refractivity contribution in [3.63, 3.8) is 0 Å². The number of para-hydroxylation sites is 1. The molecule has 3 nitrogen and oxygen atoms in total. The van der Waals surface area contributed by atoms with E-state index < -0.39 is 0 Å². The van der Waals surface area contributed by atoms with E-state index in [1.807, 2.05) is 18.2 Å². The molecule has 1 aromatic rings. The van der Waals surface area contributed by atoms with Gasteiger partial charge in [-0.05, 0) is 39.1 Å². The van der Waals surface area contributed by atoms with Gasteiger partial charge in [0.1, 0.15) is 0 Å². The topological polar surface area (TPSA) is 32.5 Å². The molecule has 0 aromatic heterocycles. The van der Waals surface area contributed by atoms with Crippen molar-refractivity contribution in [2.24, 2.45) is 0 Å². The van der Waals surface area contributed by atoms with E-state index in [2.05, 4.69) is 23.9 Å². The number of anilines is 2. The Morgan fingerprint density at radius 2 is 2.24 bits per heavy atom. The Hall–Kier alpha value is -0.930. The van der Waals surface area contributed by atoms with Crippen LogP contribution in [0.25, 0.3) is 0 Å². The average Bonchev–Trinajstić information content (AvgIpc) is 2.65. The zero-order valence-electron chi connectivity index (χ0n) is 10.5. The molecule has 2 N–H and O–H groups in total. The van der Waals surface area contributed by atoms with Crippen LogP contribution in [0.2, 0.25) is 5.02 Å². The van der Waals surface area contributed by atoms with Crippen LogP contribution in [-0.2, 0) is 0 Å². The molecule has 1 aromatic carbocycles. The molecule has 0 spiro atoms. The van der Waals surface area contributed by atoms with Gasteiger partial charge in [0.2, 0.25) is 0 Å². The summed E-state index contributed by atoms with van der Waals surface area (Å²) in [6.07, 6.45) is 2.42. The summed E-state index contributed by atoms with van der Waals surface area (Å²) in [7, 11) is 4.21. The van der Waals surface area contributed by atoms with E-state index >= 15 is 0 Å². The second-order valence-corrected chi connectivity index (χ2v) is 5.34. The fraction of sp³-hybridized carbons (Fsp3) is 0.538. The molecule has 1 saturated heterocycles. The van der Waals surface area contributed by atoms with Crippen molar-refractivity contribution < 1.29 is 0 Å². The summed E-state index contributed by atoms with van der Waals surface area (Å²) in [5, 5.41) is 0.760. The Bertz CT molecular complexity index is 372. The summed E-state index contributed by atoms with van der Waals surface area (Å²) in [4.78, 5) is 4.58. The molecule has 0 saturated carbocycles. The molecule has 17 heavy (non-hydrogen) atoms. The lowest BCUT2D eigenvalue weighted by Gasteiger charge is -2.30. The maximum absolute atomic E-state index is 6.28. The van der Waals surface area contributed by atoms with Crippen LogP contribution in [-0.4, -0.2) is 38.1 Å². The van der Waals surface area contributed by atoms with Crippen LogP contribution >= 0.6 is 11.6 Å². The summed E-state index contributed by atoms with van der Waals surface area (Å²) in [5.41, 5.74) is 7.85. The first kappa shape index (κ1) is 12.5. The standard InChI is InChI=1S/C13H20ClN3/c1-16(2)9-10-5-4-8-17(10)13-11(14)6-3-7-12(13)15/h3,6-7,10H,4-5,8-9,15H2,1-2H3. The van der Waals surface area contributed by atoms with Gasteiger partial charge in [-0.25, -0.2) is 0 Å². The summed E-state index contributed by atoms with van der Waals surface area (Å²) in [6, 6.07) is 6.26. The number of benzene rings is 1. The molecule has 1 heterocycles. The number of halogens is 1. The quantitative estimate of drug-likeness (QED) is 0.840. The van der Waals surface area contributed by atoms with Gasteiger partial charge in [-0.1, -0.05) is 17.7 Å². The van der Waals surface area contributed by atoms with Gasteiger partial charge in [-0.15, -0.1) is 0 Å². The Morgan fingerprint density at radius 3 is 2.88 bits per heavy atom. The number of likely N-dealkylation sites (N-methyl/N-ethyl adjacent to an activating group) is 1. The van der Waals surface area contributed by atoms with E-state index in [-0.39, 0.29) is 0 Å². The minimum Gasteiger partial charge on any atom is -0.397 e. The van der Waals surface area contributed by atoms with Crippen molar-refractivity contribution in [2.45, 2.75) is 18.9 Å². The van der Waals surface area contributed by atoms with Gasteiger partial charge in [0.25, 0.3) is 0 Å². The van der Waals surface area contributed by atoms with Crippen molar-refractivity contribution in [1.29, 1.82) is 0 Å². The SMILES string of the molecule is CN(C)CC1CCCN1c1c(N)cccc1Cl. The molecule has 0 radical (unpaired) electrons. The third kappa shape index (κ3) is 2.67. The van der Waals surface area contributed by atoms with Crippen molar-refractivity contribution >= 4 is 23.0 Å². The van der Waals surface area contributed by atoms with Crippen molar-refractivity contribution in [3.8, 4) is 0 Å². The normalized spacial score (nSPS) is 20.2. The van der Waals surface area contributed by atoms with Gasteiger partial charge >= 0.3 is 0 Å². The number of nitrogen functional groups attached to an aromatic ring is 1. The fourth-order valence-corrected chi connectivity index (χ4v) is 2.87. The third-order valence-corrected chi connectivity index (χ3v) is 3.56. The largest absolute Gasteiger partial charge is 0.397 e. The van der Waals surface area contributed by atoms with Crippen LogP contribution in [0.4, 0.5) is 11.4 Å². The zero-order chi connectivity index (χ0) is 12.4. The predicted molar refractivity (Wildman–Crippen MR) is 74.8 cm³/mol. The molecular weight excluding hydrogens is 234 g/mol. The molecule has 1 fully saturated rings. The second kappa shape index (κ2) is 5.15. The number of nitrogens with zero attached hydrogens (tertiary/aromatic N) is 2. The van der Waals surface area contributed by atoms with Crippen LogP contribution in [0.1, 0.15) is 12.8 Å². The molecule has 4 heteroatoms. The first-order valence-electron chi connectivity index (χ1n) is 6.05. The highest BCUT2D eigenvalue weighted by Crippen LogP contribution is 2.36. The first-order valence-corrected chi connectivity index (χ1v) is 6.42. The first-order chi connectivity index (χ1) is 8.09. The van der Waals surface area contributed by atoms with Crippen molar-refractivity contribution in [2.75, 3.05) is 37.8 Å². The van der Waals surface area contributed by atoms with Gasteiger partial charge in [-0.3, -0.25) is 0 Å². The highest BCUT2D eigenvalue weighted by atomic mass is 35.5. The molecule has 2 rings (SSSR count). The molecule has 1 atom stereocenters. The van der Waals surface area contributed by atoms with Crippen molar-refractivity contribution in [1.82, 2.24) is 4.90 Å². The third-order valence-electron chi connectivity index (χ3n) is 3.26. The number of nitrogens with two attached hydrogens (primary N) is 1. The fourth-order valence-electron chi connectivity index (χ4n) is 2.58. The molecule has 0 aliphatic carbocycles. The van der Waals surface area contributed by atoms with E-state index in [4.69, 9.17) is 17.3 Å². The Balaban J connectivity index is 2.26. The van der Waals surface area contributed by atoms with Gasteiger partial charge in [0.05, 0.1) is 16.4 Å².